The number of sulfone groups is 1. The Kier molecular flexibility index (Phi) is 9.86. The van der Waals surface area contributed by atoms with Gasteiger partial charge in [0.05, 0.1) is 4.90 Å². The van der Waals surface area contributed by atoms with E-state index < -0.39 is 9.84 Å². The minimum atomic E-state index is -3.49. The molecule has 1 aliphatic rings. The van der Waals surface area contributed by atoms with Gasteiger partial charge in [-0.15, -0.1) is 0 Å². The number of halogens is 1. The van der Waals surface area contributed by atoms with Crippen LogP contribution in [0, 0.1) is 11.7 Å². The highest BCUT2D eigenvalue weighted by Crippen LogP contribution is 2.29. The number of piperazine rings is 1. The molecule has 0 saturated carbocycles. The molecule has 9 heteroatoms. The summed E-state index contributed by atoms with van der Waals surface area (Å²) in [4.78, 5) is 29.2. The molecule has 0 bridgehead atoms. The van der Waals surface area contributed by atoms with E-state index in [1.165, 1.54) is 24.3 Å². The molecule has 7 nitrogen and oxygen atoms in total. The standard InChI is InChI=1S/C26H28FN3O3S.C4H8O/c1-28(2)21-8-10-22(11-9-21)29-14-16-30(17-15-29)26(31)25-18-23(34(3,32)33)12-13-24(25)19-4-6-20(27)7-5-19;1-4(2)3-5/h4-13,18H,14-17H2,1-3H3;3-4H,1-2H3. The summed E-state index contributed by atoms with van der Waals surface area (Å²) in [6.07, 6.45) is 2.04. The summed E-state index contributed by atoms with van der Waals surface area (Å²) in [5, 5.41) is 0. The fraction of sp³-hybridized carbons (Fsp3) is 0.333. The Morgan fingerprint density at radius 2 is 1.49 bits per heavy atom. The van der Waals surface area contributed by atoms with Crippen LogP contribution in [0.1, 0.15) is 24.2 Å². The Morgan fingerprint density at radius 3 is 1.97 bits per heavy atom. The average Bonchev–Trinajstić information content (AvgIpc) is 2.93. The maximum Gasteiger partial charge on any atom is 0.254 e. The van der Waals surface area contributed by atoms with Crippen LogP contribution in [-0.4, -0.2) is 72.0 Å². The van der Waals surface area contributed by atoms with Gasteiger partial charge in [-0.3, -0.25) is 4.79 Å². The van der Waals surface area contributed by atoms with Gasteiger partial charge in [0.25, 0.3) is 5.91 Å². The molecule has 4 rings (SSSR count). The van der Waals surface area contributed by atoms with Crippen molar-refractivity contribution < 1.29 is 22.4 Å². The predicted molar refractivity (Wildman–Crippen MR) is 155 cm³/mol. The van der Waals surface area contributed by atoms with Crippen LogP contribution < -0.4 is 9.80 Å². The third kappa shape index (κ3) is 7.89. The van der Waals surface area contributed by atoms with Gasteiger partial charge in [0, 0.05) is 69.4 Å². The Hall–Kier alpha value is -3.72. The van der Waals surface area contributed by atoms with Crippen LogP contribution >= 0.6 is 0 Å². The van der Waals surface area contributed by atoms with Crippen molar-refractivity contribution in [3.63, 3.8) is 0 Å². The molecule has 1 saturated heterocycles. The number of benzene rings is 3. The van der Waals surface area contributed by atoms with Crippen molar-refractivity contribution in [2.45, 2.75) is 18.7 Å². The van der Waals surface area contributed by atoms with Gasteiger partial charge < -0.3 is 19.5 Å². The minimum Gasteiger partial charge on any atom is -0.378 e. The van der Waals surface area contributed by atoms with E-state index in [0.717, 1.165) is 23.9 Å². The second-order valence-corrected chi connectivity index (χ2v) is 12.1. The van der Waals surface area contributed by atoms with Crippen molar-refractivity contribution in [1.82, 2.24) is 4.90 Å². The summed E-state index contributed by atoms with van der Waals surface area (Å²) in [6.45, 7) is 6.08. The van der Waals surface area contributed by atoms with Crippen LogP contribution in [0.4, 0.5) is 15.8 Å². The summed E-state index contributed by atoms with van der Waals surface area (Å²) in [7, 11) is 0.505. The number of rotatable bonds is 6. The number of anilines is 2. The van der Waals surface area contributed by atoms with Crippen molar-refractivity contribution in [2.75, 3.05) is 56.3 Å². The second-order valence-electron chi connectivity index (χ2n) is 10.1. The van der Waals surface area contributed by atoms with E-state index in [1.54, 1.807) is 23.1 Å². The molecule has 3 aromatic rings. The molecule has 0 N–H and O–H groups in total. The average molecular weight is 554 g/mol. The van der Waals surface area contributed by atoms with E-state index in [9.17, 15) is 22.4 Å². The van der Waals surface area contributed by atoms with E-state index in [2.05, 4.69) is 29.2 Å². The van der Waals surface area contributed by atoms with Crippen molar-refractivity contribution in [2.24, 2.45) is 5.92 Å². The molecule has 3 aromatic carbocycles. The number of hydrogen-bond donors (Lipinski definition) is 0. The Morgan fingerprint density at radius 1 is 0.923 bits per heavy atom. The van der Waals surface area contributed by atoms with Crippen LogP contribution in [0.15, 0.2) is 71.6 Å². The van der Waals surface area contributed by atoms with Crippen LogP contribution in [0.3, 0.4) is 0 Å². The highest BCUT2D eigenvalue weighted by Gasteiger charge is 2.26. The molecule has 0 atom stereocenters. The number of nitrogens with zero attached hydrogens (tertiary/aromatic N) is 3. The maximum atomic E-state index is 13.5. The van der Waals surface area contributed by atoms with Gasteiger partial charge in [-0.2, -0.15) is 0 Å². The van der Waals surface area contributed by atoms with Gasteiger partial charge in [-0.05, 0) is 59.7 Å². The van der Waals surface area contributed by atoms with Crippen molar-refractivity contribution in [1.29, 1.82) is 0 Å². The Balaban J connectivity index is 0.000000771. The SMILES string of the molecule is CC(C)C=O.CN(C)c1ccc(N2CCN(C(=O)c3cc(S(C)(=O)=O)ccc3-c3ccc(F)cc3)CC2)cc1. The van der Waals surface area contributed by atoms with E-state index in [4.69, 9.17) is 0 Å². The molecule has 208 valence electrons. The van der Waals surface area contributed by atoms with E-state index >= 15 is 0 Å². The molecule has 1 heterocycles. The monoisotopic (exact) mass is 553 g/mol. The second kappa shape index (κ2) is 12.9. The van der Waals surface area contributed by atoms with Gasteiger partial charge in [-0.1, -0.05) is 32.0 Å². The summed E-state index contributed by atoms with van der Waals surface area (Å²) in [5.41, 5.74) is 3.77. The van der Waals surface area contributed by atoms with Gasteiger partial charge in [0.1, 0.15) is 12.1 Å². The zero-order chi connectivity index (χ0) is 28.7. The summed E-state index contributed by atoms with van der Waals surface area (Å²) < 4.78 is 37.8. The predicted octanol–water partition coefficient (Wildman–Crippen LogP) is 4.77. The molecule has 0 radical (unpaired) electrons. The zero-order valence-corrected chi connectivity index (χ0v) is 23.9. The third-order valence-electron chi connectivity index (χ3n) is 6.38. The zero-order valence-electron chi connectivity index (χ0n) is 23.1. The summed E-state index contributed by atoms with van der Waals surface area (Å²) in [5.74, 6) is -0.401. The first-order valence-corrected chi connectivity index (χ1v) is 14.7. The molecular formula is C30H36FN3O4S. The maximum absolute atomic E-state index is 13.5. The summed E-state index contributed by atoms with van der Waals surface area (Å²) in [6, 6.07) is 18.7. The Labute approximate surface area is 230 Å². The fourth-order valence-electron chi connectivity index (χ4n) is 4.11. The Bertz CT molecular complexity index is 1380. The van der Waals surface area contributed by atoms with Crippen LogP contribution in [0.5, 0.6) is 0 Å². The van der Waals surface area contributed by atoms with E-state index in [1.807, 2.05) is 32.8 Å². The molecule has 1 aliphatic heterocycles. The van der Waals surface area contributed by atoms with Crippen LogP contribution in [0.2, 0.25) is 0 Å². The van der Waals surface area contributed by atoms with Gasteiger partial charge >= 0.3 is 0 Å². The summed E-state index contributed by atoms with van der Waals surface area (Å²) >= 11 is 0. The van der Waals surface area contributed by atoms with Crippen LogP contribution in [0.25, 0.3) is 11.1 Å². The van der Waals surface area contributed by atoms with Gasteiger partial charge in [-0.25, -0.2) is 12.8 Å². The lowest BCUT2D eigenvalue weighted by Gasteiger charge is -2.36. The highest BCUT2D eigenvalue weighted by molar-refractivity contribution is 7.90. The lowest BCUT2D eigenvalue weighted by molar-refractivity contribution is -0.110. The largest absolute Gasteiger partial charge is 0.378 e. The molecule has 0 aliphatic carbocycles. The topological polar surface area (TPSA) is 78.0 Å². The van der Waals surface area contributed by atoms with Crippen LogP contribution in [-0.2, 0) is 14.6 Å². The molecule has 0 aromatic heterocycles. The normalized spacial score (nSPS) is 13.5. The number of carbonyl (C=O) groups is 2. The number of carbonyl (C=O) groups excluding carboxylic acids is 2. The fourth-order valence-corrected chi connectivity index (χ4v) is 4.76. The smallest absolute Gasteiger partial charge is 0.254 e. The quantitative estimate of drug-likeness (QED) is 0.410. The van der Waals surface area contributed by atoms with Gasteiger partial charge in [0.15, 0.2) is 9.84 Å². The first kappa shape index (κ1) is 29.8. The lowest BCUT2D eigenvalue weighted by Crippen LogP contribution is -2.48. The molecule has 0 spiro atoms. The van der Waals surface area contributed by atoms with Crippen molar-refractivity contribution in [3.05, 3.63) is 78.1 Å². The van der Waals surface area contributed by atoms with Gasteiger partial charge in [0.2, 0.25) is 0 Å². The number of aldehydes is 1. The van der Waals surface area contributed by atoms with Crippen molar-refractivity contribution >= 4 is 33.4 Å². The van der Waals surface area contributed by atoms with Crippen molar-refractivity contribution in [3.8, 4) is 11.1 Å². The molecule has 0 unspecified atom stereocenters. The first-order valence-electron chi connectivity index (χ1n) is 12.8. The minimum absolute atomic E-state index is 0.0846. The third-order valence-corrected chi connectivity index (χ3v) is 7.49. The lowest BCUT2D eigenvalue weighted by atomic mass is 9.98. The van der Waals surface area contributed by atoms with E-state index in [-0.39, 0.29) is 22.5 Å². The molecule has 39 heavy (non-hydrogen) atoms. The highest BCUT2D eigenvalue weighted by atomic mass is 32.2. The molecule has 1 amide bonds. The number of amides is 1. The first-order chi connectivity index (χ1) is 18.4. The van der Waals surface area contributed by atoms with E-state index in [0.29, 0.717) is 42.9 Å². The molecular weight excluding hydrogens is 517 g/mol. The molecule has 1 fully saturated rings. The number of hydrogen-bond acceptors (Lipinski definition) is 6.